The van der Waals surface area contributed by atoms with Gasteiger partial charge in [0, 0.05) is 6.42 Å². The molecule has 1 aliphatic heterocycles. The van der Waals surface area contributed by atoms with Gasteiger partial charge in [-0.15, -0.1) is 0 Å². The first-order chi connectivity index (χ1) is 12.1. The van der Waals surface area contributed by atoms with Crippen LogP contribution in [0.1, 0.15) is 12.0 Å². The van der Waals surface area contributed by atoms with Crippen LogP contribution in [0.4, 0.5) is 0 Å². The molecule has 1 saturated heterocycles. The van der Waals surface area contributed by atoms with Crippen LogP contribution in [0.2, 0.25) is 0 Å². The molecule has 3 fully saturated rings. The number of carboxylic acids is 1. The quantitative estimate of drug-likeness (QED) is 0.671. The first kappa shape index (κ1) is 14.9. The number of hydrogen-bond donors (Lipinski definition) is 1. The highest BCUT2D eigenvalue weighted by molar-refractivity contribution is 6.08. The zero-order chi connectivity index (χ0) is 17.3. The van der Waals surface area contributed by atoms with E-state index in [0.717, 1.165) is 16.9 Å². The third kappa shape index (κ3) is 1.98. The van der Waals surface area contributed by atoms with E-state index in [2.05, 4.69) is 12.2 Å². The van der Waals surface area contributed by atoms with E-state index in [1.807, 2.05) is 30.3 Å². The first-order valence-corrected chi connectivity index (χ1v) is 8.90. The standard InChI is InChI=1S/C20H19NO4/c22-18-16-11-6-7-12(14-9-13(11)14)17(16)19(23)21(18)15(20(24)25)8-10-4-2-1-3-5-10/h1-7,11-17H,8-9H2,(H,24,25). The van der Waals surface area contributed by atoms with Gasteiger partial charge in [-0.25, -0.2) is 4.79 Å². The van der Waals surface area contributed by atoms with Gasteiger partial charge in [-0.3, -0.25) is 14.5 Å². The summed E-state index contributed by atoms with van der Waals surface area (Å²) in [6.45, 7) is 0. The molecular formula is C20H19NO4. The van der Waals surface area contributed by atoms with Crippen LogP contribution in [-0.2, 0) is 20.8 Å². The zero-order valence-corrected chi connectivity index (χ0v) is 13.6. The highest BCUT2D eigenvalue weighted by Gasteiger charge is 2.67. The molecule has 0 spiro atoms. The van der Waals surface area contributed by atoms with Gasteiger partial charge in [-0.1, -0.05) is 42.5 Å². The van der Waals surface area contributed by atoms with Crippen LogP contribution in [0, 0.1) is 35.5 Å². The van der Waals surface area contributed by atoms with Crippen molar-refractivity contribution in [2.45, 2.75) is 18.9 Å². The summed E-state index contributed by atoms with van der Waals surface area (Å²) in [6, 6.07) is 8.06. The van der Waals surface area contributed by atoms with Crippen molar-refractivity contribution in [2.24, 2.45) is 35.5 Å². The van der Waals surface area contributed by atoms with E-state index in [9.17, 15) is 19.5 Å². The molecule has 2 saturated carbocycles. The number of carboxylic acid groups (broad SMARTS) is 1. The number of carbonyl (C=O) groups excluding carboxylic acids is 2. The fourth-order valence-corrected chi connectivity index (χ4v) is 5.41. The summed E-state index contributed by atoms with van der Waals surface area (Å²) in [4.78, 5) is 39.0. The molecule has 5 heteroatoms. The van der Waals surface area contributed by atoms with E-state index in [4.69, 9.17) is 0 Å². The van der Waals surface area contributed by atoms with Gasteiger partial charge in [0.25, 0.3) is 0 Å². The molecule has 5 nitrogen and oxygen atoms in total. The topological polar surface area (TPSA) is 74.7 Å². The van der Waals surface area contributed by atoms with E-state index < -0.39 is 12.0 Å². The fraction of sp³-hybridized carbons (Fsp3) is 0.450. The summed E-state index contributed by atoms with van der Waals surface area (Å²) in [5.41, 5.74) is 0.814. The van der Waals surface area contributed by atoms with E-state index in [1.165, 1.54) is 0 Å². The van der Waals surface area contributed by atoms with Gasteiger partial charge in [0.1, 0.15) is 6.04 Å². The van der Waals surface area contributed by atoms with Crippen LogP contribution in [-0.4, -0.2) is 33.8 Å². The van der Waals surface area contributed by atoms with Gasteiger partial charge < -0.3 is 5.11 Å². The van der Waals surface area contributed by atoms with Gasteiger partial charge in [-0.2, -0.15) is 0 Å². The smallest absolute Gasteiger partial charge is 0.327 e. The molecule has 0 radical (unpaired) electrons. The molecule has 0 aromatic heterocycles. The number of amides is 2. The second-order valence-corrected chi connectivity index (χ2v) is 7.74. The Labute approximate surface area is 145 Å². The number of benzene rings is 1. The summed E-state index contributed by atoms with van der Waals surface area (Å²) < 4.78 is 0. The lowest BCUT2D eigenvalue weighted by atomic mass is 9.63. The van der Waals surface area contributed by atoms with Crippen molar-refractivity contribution in [2.75, 3.05) is 0 Å². The molecule has 1 aromatic rings. The number of aliphatic carboxylic acids is 1. The molecule has 4 aliphatic carbocycles. The van der Waals surface area contributed by atoms with Crippen molar-refractivity contribution < 1.29 is 19.5 Å². The largest absolute Gasteiger partial charge is 0.480 e. The number of hydrogen-bond acceptors (Lipinski definition) is 3. The minimum Gasteiger partial charge on any atom is -0.480 e. The minimum absolute atomic E-state index is 0.118. The second kappa shape index (κ2) is 5.04. The molecule has 2 amide bonds. The van der Waals surface area contributed by atoms with Crippen LogP contribution in [0.3, 0.4) is 0 Å². The summed E-state index contributed by atoms with van der Waals surface area (Å²) >= 11 is 0. The molecule has 128 valence electrons. The number of allylic oxidation sites excluding steroid dienone is 2. The molecule has 1 aromatic carbocycles. The highest BCUT2D eigenvalue weighted by Crippen LogP contribution is 2.65. The normalized spacial score (nSPS) is 38.5. The Morgan fingerprint density at radius 2 is 1.60 bits per heavy atom. The van der Waals surface area contributed by atoms with Gasteiger partial charge in [-0.05, 0) is 35.7 Å². The van der Waals surface area contributed by atoms with E-state index in [1.54, 1.807) is 0 Å². The second-order valence-electron chi connectivity index (χ2n) is 7.74. The Kier molecular flexibility index (Phi) is 3.00. The SMILES string of the molecule is O=C(O)C(Cc1ccccc1)N1C(=O)C2C3C=CC(C4CC34)C2C1=O. The lowest BCUT2D eigenvalue weighted by Gasteiger charge is -2.37. The van der Waals surface area contributed by atoms with Crippen LogP contribution in [0.5, 0.6) is 0 Å². The van der Waals surface area contributed by atoms with Gasteiger partial charge in [0.15, 0.2) is 0 Å². The molecular weight excluding hydrogens is 318 g/mol. The maximum Gasteiger partial charge on any atom is 0.327 e. The summed E-state index contributed by atoms with van der Waals surface area (Å²) in [6.07, 6.45) is 5.45. The van der Waals surface area contributed by atoms with Crippen LogP contribution in [0.25, 0.3) is 0 Å². The van der Waals surface area contributed by atoms with Crippen molar-refractivity contribution in [1.29, 1.82) is 0 Å². The van der Waals surface area contributed by atoms with Crippen LogP contribution >= 0.6 is 0 Å². The van der Waals surface area contributed by atoms with Crippen LogP contribution < -0.4 is 0 Å². The van der Waals surface area contributed by atoms with Crippen molar-refractivity contribution in [1.82, 2.24) is 4.90 Å². The average Bonchev–Trinajstić information content (AvgIpc) is 3.39. The first-order valence-electron chi connectivity index (χ1n) is 8.90. The predicted octanol–water partition coefficient (Wildman–Crippen LogP) is 1.74. The maximum atomic E-state index is 13.0. The van der Waals surface area contributed by atoms with Crippen molar-refractivity contribution >= 4 is 17.8 Å². The maximum absolute atomic E-state index is 13.0. The van der Waals surface area contributed by atoms with Crippen LogP contribution in [0.15, 0.2) is 42.5 Å². The van der Waals surface area contributed by atoms with Crippen molar-refractivity contribution in [3.63, 3.8) is 0 Å². The molecule has 6 rings (SSSR count). The lowest BCUT2D eigenvalue weighted by Crippen LogP contribution is -2.47. The Hall–Kier alpha value is -2.43. The Morgan fingerprint density at radius 3 is 2.12 bits per heavy atom. The van der Waals surface area contributed by atoms with Gasteiger partial charge in [0.2, 0.25) is 11.8 Å². The van der Waals surface area contributed by atoms with Gasteiger partial charge >= 0.3 is 5.97 Å². The Morgan fingerprint density at radius 1 is 1.04 bits per heavy atom. The monoisotopic (exact) mass is 337 g/mol. The molecule has 2 bridgehead atoms. The molecule has 25 heavy (non-hydrogen) atoms. The molecule has 7 unspecified atom stereocenters. The molecule has 7 atom stereocenters. The molecule has 5 aliphatic rings. The van der Waals surface area contributed by atoms with Crippen molar-refractivity contribution in [3.8, 4) is 0 Å². The van der Waals surface area contributed by atoms with Gasteiger partial charge in [0.05, 0.1) is 11.8 Å². The lowest BCUT2D eigenvalue weighted by molar-refractivity contribution is -0.155. The highest BCUT2D eigenvalue weighted by atomic mass is 16.4. The van der Waals surface area contributed by atoms with E-state index in [-0.39, 0.29) is 41.9 Å². The molecule has 1 N–H and O–H groups in total. The number of likely N-dealkylation sites (tertiary alicyclic amines) is 1. The predicted molar refractivity (Wildman–Crippen MR) is 88.1 cm³/mol. The number of nitrogens with zero attached hydrogens (tertiary/aromatic N) is 1. The minimum atomic E-state index is -1.12. The number of rotatable bonds is 4. The number of carbonyl (C=O) groups is 3. The summed E-state index contributed by atoms with van der Waals surface area (Å²) in [5.74, 6) is -1.08. The third-order valence-corrected chi connectivity index (χ3v) is 6.57. The Balaban J connectivity index is 1.48. The summed E-state index contributed by atoms with van der Waals surface area (Å²) in [7, 11) is 0. The average molecular weight is 337 g/mol. The third-order valence-electron chi connectivity index (χ3n) is 6.57. The van der Waals surface area contributed by atoms with E-state index in [0.29, 0.717) is 11.8 Å². The zero-order valence-electron chi connectivity index (χ0n) is 13.6. The van der Waals surface area contributed by atoms with E-state index >= 15 is 0 Å². The van der Waals surface area contributed by atoms with Crippen molar-refractivity contribution in [3.05, 3.63) is 48.0 Å². The number of imide groups is 1. The fourth-order valence-electron chi connectivity index (χ4n) is 5.41. The Bertz CT molecular complexity index is 765. The molecule has 1 heterocycles. The summed E-state index contributed by atoms with van der Waals surface area (Å²) in [5, 5.41) is 9.71.